The van der Waals surface area contributed by atoms with E-state index in [1.807, 2.05) is 56.3 Å². The normalized spacial score (nSPS) is 19.4. The molecule has 2 aromatic carbocycles. The molecule has 0 bridgehead atoms. The molecule has 0 fully saturated rings. The van der Waals surface area contributed by atoms with Crippen molar-refractivity contribution in [2.45, 2.75) is 45.1 Å². The quantitative estimate of drug-likeness (QED) is 0.694. The van der Waals surface area contributed by atoms with Gasteiger partial charge >= 0.3 is 0 Å². The number of aliphatic hydroxyl groups is 1. The van der Waals surface area contributed by atoms with Crippen LogP contribution in [-0.2, 0) is 10.2 Å². The van der Waals surface area contributed by atoms with Crippen LogP contribution in [0.3, 0.4) is 0 Å². The second kappa shape index (κ2) is 6.91. The summed E-state index contributed by atoms with van der Waals surface area (Å²) in [5, 5.41) is 17.1. The molecule has 1 amide bonds. The number of fused-ring (bicyclic) bond motifs is 1. The summed E-state index contributed by atoms with van der Waals surface area (Å²) in [6.07, 6.45) is 0.568. The summed E-state index contributed by atoms with van der Waals surface area (Å²) in [6.45, 7) is 5.57. The van der Waals surface area contributed by atoms with Gasteiger partial charge in [0.1, 0.15) is 11.2 Å². The number of rotatable bonds is 5. The average molecular weight is 376 g/mol. The smallest absolute Gasteiger partial charge is 0.239 e. The van der Waals surface area contributed by atoms with E-state index in [0.717, 1.165) is 39.4 Å². The Balaban J connectivity index is 1.92. The number of nitrogens with one attached hydrogen (secondary N) is 1. The number of aromatic nitrogens is 1. The molecular formula is C23H24N2O3. The maximum Gasteiger partial charge on any atom is 0.239 e. The molecule has 0 saturated heterocycles. The molecular weight excluding hydrogens is 352 g/mol. The first-order chi connectivity index (χ1) is 13.4. The molecule has 5 nitrogen and oxygen atoms in total. The standard InChI is InChI=1S/C23H24N2O3/c1-14(26)11-12-23(18-7-5-4-6-8-18)19-13-17(9-10-20(19)24-22(23)27)21-15(2)25-28-16(21)3/h4-10,13-14,26H,11-12H2,1-3H3,(H,24,27)/t14-,23?/m0/s1. The number of hydrogen-bond acceptors (Lipinski definition) is 4. The molecule has 3 aromatic rings. The van der Waals surface area contributed by atoms with Crippen LogP contribution in [-0.4, -0.2) is 22.3 Å². The zero-order valence-corrected chi connectivity index (χ0v) is 16.3. The van der Waals surface area contributed by atoms with Crippen LogP contribution < -0.4 is 5.32 Å². The van der Waals surface area contributed by atoms with Crippen molar-refractivity contribution in [2.24, 2.45) is 0 Å². The molecule has 0 saturated carbocycles. The van der Waals surface area contributed by atoms with Crippen molar-refractivity contribution in [3.8, 4) is 11.1 Å². The Morgan fingerprint density at radius 1 is 1.18 bits per heavy atom. The fraction of sp³-hybridized carbons (Fsp3) is 0.304. The third kappa shape index (κ3) is 2.83. The van der Waals surface area contributed by atoms with Gasteiger partial charge in [-0.1, -0.05) is 41.6 Å². The predicted octanol–water partition coefficient (Wildman–Crippen LogP) is 4.36. The average Bonchev–Trinajstić information content (AvgIpc) is 3.16. The third-order valence-corrected chi connectivity index (χ3v) is 5.64. The number of nitrogens with zero attached hydrogens (tertiary/aromatic N) is 1. The van der Waals surface area contributed by atoms with E-state index in [0.29, 0.717) is 12.8 Å². The number of benzene rings is 2. The fourth-order valence-electron chi connectivity index (χ4n) is 4.24. The van der Waals surface area contributed by atoms with Crippen molar-refractivity contribution >= 4 is 11.6 Å². The van der Waals surface area contributed by atoms with Crippen molar-refractivity contribution in [2.75, 3.05) is 5.32 Å². The molecule has 144 valence electrons. The highest BCUT2D eigenvalue weighted by Crippen LogP contribution is 2.47. The van der Waals surface area contributed by atoms with Crippen molar-refractivity contribution in [1.29, 1.82) is 0 Å². The highest BCUT2D eigenvalue weighted by atomic mass is 16.5. The fourth-order valence-corrected chi connectivity index (χ4v) is 4.24. The predicted molar refractivity (Wildman–Crippen MR) is 108 cm³/mol. The molecule has 0 spiro atoms. The lowest BCUT2D eigenvalue weighted by atomic mass is 9.71. The molecule has 2 heterocycles. The van der Waals surface area contributed by atoms with Gasteiger partial charge in [-0.2, -0.15) is 0 Å². The Bertz CT molecular complexity index is 1000. The molecule has 2 atom stereocenters. The van der Waals surface area contributed by atoms with Gasteiger partial charge in [0.05, 0.1) is 11.8 Å². The van der Waals surface area contributed by atoms with E-state index in [2.05, 4.69) is 16.5 Å². The molecule has 2 N–H and O–H groups in total. The molecule has 1 aliphatic heterocycles. The number of amides is 1. The van der Waals surface area contributed by atoms with E-state index in [4.69, 9.17) is 4.52 Å². The highest BCUT2D eigenvalue weighted by molar-refractivity contribution is 6.09. The largest absolute Gasteiger partial charge is 0.393 e. The van der Waals surface area contributed by atoms with Gasteiger partial charge in [-0.3, -0.25) is 4.79 Å². The molecule has 0 aliphatic carbocycles. The van der Waals surface area contributed by atoms with Gasteiger partial charge in [0.15, 0.2) is 0 Å². The summed E-state index contributed by atoms with van der Waals surface area (Å²) in [6, 6.07) is 15.8. The molecule has 4 rings (SSSR count). The minimum absolute atomic E-state index is 0.0507. The van der Waals surface area contributed by atoms with Gasteiger partial charge in [-0.25, -0.2) is 0 Å². The molecule has 28 heavy (non-hydrogen) atoms. The lowest BCUT2D eigenvalue weighted by Crippen LogP contribution is -2.36. The molecule has 5 heteroatoms. The molecule has 1 aliphatic rings. The second-order valence-corrected chi connectivity index (χ2v) is 7.57. The van der Waals surface area contributed by atoms with Gasteiger partial charge < -0.3 is 14.9 Å². The number of carbonyl (C=O) groups excluding carboxylic acids is 1. The molecule has 1 aromatic heterocycles. The number of carbonyl (C=O) groups is 1. The van der Waals surface area contributed by atoms with E-state index in [9.17, 15) is 9.90 Å². The van der Waals surface area contributed by atoms with Crippen LogP contribution >= 0.6 is 0 Å². The summed E-state index contributed by atoms with van der Waals surface area (Å²) in [5.41, 5.74) is 4.61. The zero-order valence-electron chi connectivity index (χ0n) is 16.3. The molecule has 0 radical (unpaired) electrons. The number of hydrogen-bond donors (Lipinski definition) is 2. The van der Waals surface area contributed by atoms with Crippen molar-refractivity contribution in [3.05, 3.63) is 71.1 Å². The SMILES string of the molecule is Cc1noc(C)c1-c1ccc2c(c1)C(CC[C@H](C)O)(c1ccccc1)C(=O)N2. The maximum absolute atomic E-state index is 13.3. The highest BCUT2D eigenvalue weighted by Gasteiger charge is 2.48. The minimum atomic E-state index is -0.831. The second-order valence-electron chi connectivity index (χ2n) is 7.57. The third-order valence-electron chi connectivity index (χ3n) is 5.64. The summed E-state index contributed by atoms with van der Waals surface area (Å²) in [4.78, 5) is 13.3. The van der Waals surface area contributed by atoms with Crippen LogP contribution in [0.1, 0.15) is 42.3 Å². The van der Waals surface area contributed by atoms with Crippen LogP contribution in [0.5, 0.6) is 0 Å². The topological polar surface area (TPSA) is 75.4 Å². The van der Waals surface area contributed by atoms with Crippen molar-refractivity contribution < 1.29 is 14.4 Å². The van der Waals surface area contributed by atoms with Crippen LogP contribution in [0.25, 0.3) is 11.1 Å². The first kappa shape index (κ1) is 18.4. The van der Waals surface area contributed by atoms with E-state index >= 15 is 0 Å². The Labute approximate surface area is 164 Å². The van der Waals surface area contributed by atoms with Crippen LogP contribution in [0.4, 0.5) is 5.69 Å². The van der Waals surface area contributed by atoms with E-state index in [1.54, 1.807) is 6.92 Å². The van der Waals surface area contributed by atoms with Gasteiger partial charge in [0.2, 0.25) is 5.91 Å². The number of aliphatic hydroxyl groups excluding tert-OH is 1. The monoisotopic (exact) mass is 376 g/mol. The van der Waals surface area contributed by atoms with Crippen molar-refractivity contribution in [1.82, 2.24) is 5.16 Å². The van der Waals surface area contributed by atoms with Crippen molar-refractivity contribution in [3.63, 3.8) is 0 Å². The van der Waals surface area contributed by atoms with Gasteiger partial charge in [-0.15, -0.1) is 0 Å². The van der Waals surface area contributed by atoms with Gasteiger partial charge in [0.25, 0.3) is 0 Å². The Morgan fingerprint density at radius 3 is 2.57 bits per heavy atom. The summed E-state index contributed by atoms with van der Waals surface area (Å²) >= 11 is 0. The summed E-state index contributed by atoms with van der Waals surface area (Å²) in [7, 11) is 0. The number of aryl methyl sites for hydroxylation is 2. The lowest BCUT2D eigenvalue weighted by molar-refractivity contribution is -0.119. The maximum atomic E-state index is 13.3. The Kier molecular flexibility index (Phi) is 4.55. The van der Waals surface area contributed by atoms with E-state index in [-0.39, 0.29) is 5.91 Å². The minimum Gasteiger partial charge on any atom is -0.393 e. The van der Waals surface area contributed by atoms with Crippen LogP contribution in [0.15, 0.2) is 53.1 Å². The lowest BCUT2D eigenvalue weighted by Gasteiger charge is -2.29. The first-order valence-corrected chi connectivity index (χ1v) is 9.56. The van der Waals surface area contributed by atoms with E-state index < -0.39 is 11.5 Å². The summed E-state index contributed by atoms with van der Waals surface area (Å²) in [5.74, 6) is 0.703. The van der Waals surface area contributed by atoms with Crippen LogP contribution in [0.2, 0.25) is 0 Å². The number of anilines is 1. The Morgan fingerprint density at radius 2 is 1.93 bits per heavy atom. The molecule has 1 unspecified atom stereocenters. The Hall–Kier alpha value is -2.92. The van der Waals surface area contributed by atoms with E-state index in [1.165, 1.54) is 0 Å². The summed E-state index contributed by atoms with van der Waals surface area (Å²) < 4.78 is 5.34. The zero-order chi connectivity index (χ0) is 19.9. The van der Waals surface area contributed by atoms with Gasteiger partial charge in [0, 0.05) is 11.3 Å². The van der Waals surface area contributed by atoms with Crippen LogP contribution in [0, 0.1) is 13.8 Å². The van der Waals surface area contributed by atoms with Gasteiger partial charge in [-0.05, 0) is 62.4 Å². The first-order valence-electron chi connectivity index (χ1n) is 9.56.